The quantitative estimate of drug-likeness (QED) is 0.873. The van der Waals surface area contributed by atoms with Gasteiger partial charge < -0.3 is 19.3 Å². The highest BCUT2D eigenvalue weighted by Gasteiger charge is 2.30. The summed E-state index contributed by atoms with van der Waals surface area (Å²) in [7, 11) is 1.94. The Balaban J connectivity index is 2.13. The van der Waals surface area contributed by atoms with Gasteiger partial charge in [-0.25, -0.2) is 0 Å². The maximum absolute atomic E-state index is 5.58. The summed E-state index contributed by atoms with van der Waals surface area (Å²) in [6, 6.07) is 0.275. The molecular formula is C13H23N3O3. The Morgan fingerprint density at radius 2 is 2.05 bits per heavy atom. The van der Waals surface area contributed by atoms with Gasteiger partial charge in [-0.1, -0.05) is 19.0 Å². The van der Waals surface area contributed by atoms with Crippen LogP contribution in [0.1, 0.15) is 44.5 Å². The van der Waals surface area contributed by atoms with Crippen LogP contribution in [0, 0.1) is 5.92 Å². The van der Waals surface area contributed by atoms with Crippen LogP contribution in [0.15, 0.2) is 4.52 Å². The molecule has 1 aliphatic heterocycles. The first-order valence-electron chi connectivity index (χ1n) is 6.83. The summed E-state index contributed by atoms with van der Waals surface area (Å²) in [4.78, 5) is 4.50. The number of rotatable bonds is 5. The summed E-state index contributed by atoms with van der Waals surface area (Å²) >= 11 is 0. The smallest absolute Gasteiger partial charge is 0.231 e. The first kappa shape index (κ1) is 14.4. The van der Waals surface area contributed by atoms with Crippen LogP contribution >= 0.6 is 0 Å². The molecule has 2 heterocycles. The van der Waals surface area contributed by atoms with Gasteiger partial charge in [-0.15, -0.1) is 0 Å². The van der Waals surface area contributed by atoms with E-state index in [2.05, 4.69) is 36.2 Å². The summed E-state index contributed by atoms with van der Waals surface area (Å²) in [5.74, 6) is 1.86. The summed E-state index contributed by atoms with van der Waals surface area (Å²) in [6.07, 6.45) is -0.205. The van der Waals surface area contributed by atoms with E-state index in [1.807, 2.05) is 7.05 Å². The van der Waals surface area contributed by atoms with Gasteiger partial charge in [0.25, 0.3) is 0 Å². The zero-order valence-electron chi connectivity index (χ0n) is 12.0. The van der Waals surface area contributed by atoms with E-state index in [-0.39, 0.29) is 18.1 Å². The minimum Gasteiger partial charge on any atom is -0.376 e. The molecule has 1 fully saturated rings. The van der Waals surface area contributed by atoms with E-state index in [0.29, 0.717) is 37.5 Å². The fourth-order valence-electron chi connectivity index (χ4n) is 2.41. The first-order chi connectivity index (χ1) is 9.13. The Morgan fingerprint density at radius 1 is 1.26 bits per heavy atom. The van der Waals surface area contributed by atoms with Crippen LogP contribution in [0.3, 0.4) is 0 Å². The van der Waals surface area contributed by atoms with Gasteiger partial charge in [0.05, 0.1) is 25.7 Å². The van der Waals surface area contributed by atoms with E-state index >= 15 is 0 Å². The number of aromatic nitrogens is 2. The SMILES string of the molecule is CNC(C)C(c1nc(C2COCCO2)no1)C(C)C. The van der Waals surface area contributed by atoms with Crippen LogP contribution in [0.25, 0.3) is 0 Å². The largest absolute Gasteiger partial charge is 0.376 e. The standard InChI is InChI=1S/C13H23N3O3/c1-8(2)11(9(3)14-4)13-15-12(16-19-13)10-7-17-5-6-18-10/h8-11,14H,5-7H2,1-4H3. The van der Waals surface area contributed by atoms with Crippen LogP contribution in [0.2, 0.25) is 0 Å². The Morgan fingerprint density at radius 3 is 2.63 bits per heavy atom. The van der Waals surface area contributed by atoms with Gasteiger partial charge in [-0.3, -0.25) is 0 Å². The molecule has 3 atom stereocenters. The maximum atomic E-state index is 5.58. The van der Waals surface area contributed by atoms with E-state index in [0.717, 1.165) is 0 Å². The Bertz CT molecular complexity index is 388. The summed E-state index contributed by atoms with van der Waals surface area (Å²) < 4.78 is 16.4. The van der Waals surface area contributed by atoms with E-state index in [9.17, 15) is 0 Å². The van der Waals surface area contributed by atoms with Crippen molar-refractivity contribution in [2.45, 2.75) is 38.8 Å². The zero-order chi connectivity index (χ0) is 13.8. The van der Waals surface area contributed by atoms with Crippen molar-refractivity contribution >= 4 is 0 Å². The van der Waals surface area contributed by atoms with Crippen LogP contribution in [0.4, 0.5) is 0 Å². The van der Waals surface area contributed by atoms with Crippen molar-refractivity contribution in [2.24, 2.45) is 5.92 Å². The predicted molar refractivity (Wildman–Crippen MR) is 69.9 cm³/mol. The molecule has 6 heteroatoms. The number of ether oxygens (including phenoxy) is 2. The minimum atomic E-state index is -0.205. The minimum absolute atomic E-state index is 0.191. The van der Waals surface area contributed by atoms with Gasteiger partial charge >= 0.3 is 0 Å². The lowest BCUT2D eigenvalue weighted by molar-refractivity contribution is -0.0941. The third-order valence-electron chi connectivity index (χ3n) is 3.56. The van der Waals surface area contributed by atoms with Gasteiger partial charge in [0.15, 0.2) is 0 Å². The molecule has 0 bridgehead atoms. The highest BCUT2D eigenvalue weighted by atomic mass is 16.6. The maximum Gasteiger partial charge on any atom is 0.231 e. The van der Waals surface area contributed by atoms with Gasteiger partial charge in [0.2, 0.25) is 11.7 Å². The molecule has 108 valence electrons. The second-order valence-electron chi connectivity index (χ2n) is 5.27. The number of nitrogens with one attached hydrogen (secondary N) is 1. The molecule has 1 saturated heterocycles. The molecule has 6 nitrogen and oxygen atoms in total. The van der Waals surface area contributed by atoms with E-state index in [1.165, 1.54) is 0 Å². The number of hydrogen-bond donors (Lipinski definition) is 1. The van der Waals surface area contributed by atoms with Gasteiger partial charge in [-0.2, -0.15) is 4.98 Å². The van der Waals surface area contributed by atoms with Crippen LogP contribution in [-0.4, -0.2) is 43.1 Å². The molecule has 19 heavy (non-hydrogen) atoms. The molecule has 3 unspecified atom stereocenters. The molecule has 0 spiro atoms. The number of nitrogens with zero attached hydrogens (tertiary/aromatic N) is 2. The lowest BCUT2D eigenvalue weighted by atomic mass is 9.89. The van der Waals surface area contributed by atoms with Crippen molar-refractivity contribution in [3.05, 3.63) is 11.7 Å². The van der Waals surface area contributed by atoms with Crippen LogP contribution in [0.5, 0.6) is 0 Å². The lowest BCUT2D eigenvalue weighted by Gasteiger charge is -2.23. The fourth-order valence-corrected chi connectivity index (χ4v) is 2.41. The average Bonchev–Trinajstić information content (AvgIpc) is 2.88. The van der Waals surface area contributed by atoms with E-state index < -0.39 is 0 Å². The molecule has 2 rings (SSSR count). The Labute approximate surface area is 113 Å². The van der Waals surface area contributed by atoms with Crippen molar-refractivity contribution in [3.63, 3.8) is 0 Å². The fraction of sp³-hybridized carbons (Fsp3) is 0.846. The summed E-state index contributed by atoms with van der Waals surface area (Å²) in [6.45, 7) is 8.13. The summed E-state index contributed by atoms with van der Waals surface area (Å²) in [5, 5.41) is 7.29. The summed E-state index contributed by atoms with van der Waals surface area (Å²) in [5.41, 5.74) is 0. The molecule has 0 aliphatic carbocycles. The van der Waals surface area contributed by atoms with E-state index in [4.69, 9.17) is 14.0 Å². The van der Waals surface area contributed by atoms with Crippen molar-refractivity contribution in [1.29, 1.82) is 0 Å². The molecule has 1 N–H and O–H groups in total. The molecule has 0 radical (unpaired) electrons. The van der Waals surface area contributed by atoms with Crippen LogP contribution in [-0.2, 0) is 9.47 Å². The second-order valence-corrected chi connectivity index (χ2v) is 5.27. The lowest BCUT2D eigenvalue weighted by Crippen LogP contribution is -2.32. The first-order valence-corrected chi connectivity index (χ1v) is 6.83. The Kier molecular flexibility index (Phi) is 4.90. The molecule has 0 aromatic carbocycles. The van der Waals surface area contributed by atoms with Gasteiger partial charge in [-0.05, 0) is 19.9 Å². The average molecular weight is 269 g/mol. The van der Waals surface area contributed by atoms with Crippen molar-refractivity contribution in [1.82, 2.24) is 15.5 Å². The highest BCUT2D eigenvalue weighted by Crippen LogP contribution is 2.28. The van der Waals surface area contributed by atoms with Gasteiger partial charge in [0, 0.05) is 6.04 Å². The van der Waals surface area contributed by atoms with Gasteiger partial charge in [0.1, 0.15) is 6.10 Å². The third-order valence-corrected chi connectivity index (χ3v) is 3.56. The number of likely N-dealkylation sites (N-methyl/N-ethyl adjacent to an activating group) is 1. The predicted octanol–water partition coefficient (Wildman–Crippen LogP) is 1.50. The zero-order valence-corrected chi connectivity index (χ0v) is 12.0. The van der Waals surface area contributed by atoms with Crippen molar-refractivity contribution in [3.8, 4) is 0 Å². The Hall–Kier alpha value is -0.980. The molecule has 1 aliphatic rings. The molecule has 0 saturated carbocycles. The van der Waals surface area contributed by atoms with Crippen LogP contribution < -0.4 is 5.32 Å². The highest BCUT2D eigenvalue weighted by molar-refractivity contribution is 5.01. The van der Waals surface area contributed by atoms with E-state index in [1.54, 1.807) is 0 Å². The molecular weight excluding hydrogens is 246 g/mol. The molecule has 1 aromatic heterocycles. The molecule has 0 amide bonds. The normalized spacial score (nSPS) is 23.5. The number of hydrogen-bond acceptors (Lipinski definition) is 6. The monoisotopic (exact) mass is 269 g/mol. The third kappa shape index (κ3) is 3.32. The van der Waals surface area contributed by atoms with Crippen molar-refractivity contribution < 1.29 is 14.0 Å². The topological polar surface area (TPSA) is 69.4 Å². The van der Waals surface area contributed by atoms with Crippen molar-refractivity contribution in [2.75, 3.05) is 26.9 Å². The molecule has 1 aromatic rings. The second kappa shape index (κ2) is 6.45.